The molecule has 6 nitrogen and oxygen atoms in total. The Bertz CT molecular complexity index is 235. The number of hydrogen-bond acceptors (Lipinski definition) is 5. The molecule has 0 spiro atoms. The van der Waals surface area contributed by atoms with E-state index in [1.807, 2.05) is 0 Å². The Labute approximate surface area is 89.6 Å². The number of rotatable bonds is 8. The summed E-state index contributed by atoms with van der Waals surface area (Å²) in [6.45, 7) is 5.35. The first-order chi connectivity index (χ1) is 7.01. The summed E-state index contributed by atoms with van der Waals surface area (Å²) >= 11 is 0. The minimum atomic E-state index is -3.60. The van der Waals surface area contributed by atoms with Crippen molar-refractivity contribution in [3.05, 3.63) is 10.1 Å². The second kappa shape index (κ2) is 6.93. The summed E-state index contributed by atoms with van der Waals surface area (Å²) < 4.78 is 21.9. The van der Waals surface area contributed by atoms with Gasteiger partial charge in [-0.2, -0.15) is 0 Å². The molecule has 0 aromatic heterocycles. The normalized spacial score (nSPS) is 13.8. The van der Waals surface area contributed by atoms with Crippen molar-refractivity contribution in [1.29, 1.82) is 0 Å². The Balaban J connectivity index is 4.81. The van der Waals surface area contributed by atoms with Crippen molar-refractivity contribution in [3.8, 4) is 0 Å². The van der Waals surface area contributed by atoms with Gasteiger partial charge in [0.2, 0.25) is 0 Å². The van der Waals surface area contributed by atoms with Crippen LogP contribution in [-0.2, 0) is 13.6 Å². The van der Waals surface area contributed by atoms with Gasteiger partial charge in [0.05, 0.1) is 13.2 Å². The van der Waals surface area contributed by atoms with Crippen molar-refractivity contribution in [2.45, 2.75) is 39.4 Å². The fraction of sp³-hybridized carbons (Fsp3) is 1.00. The van der Waals surface area contributed by atoms with Gasteiger partial charge in [0.1, 0.15) is 0 Å². The topological polar surface area (TPSA) is 78.7 Å². The molecule has 0 fully saturated rings. The average Bonchev–Trinajstić information content (AvgIpc) is 2.14. The maximum Gasteiger partial charge on any atom is 0.403 e. The van der Waals surface area contributed by atoms with Crippen molar-refractivity contribution in [1.82, 2.24) is 0 Å². The monoisotopic (exact) mass is 239 g/mol. The fourth-order valence-electron chi connectivity index (χ4n) is 1.21. The van der Waals surface area contributed by atoms with Gasteiger partial charge in [0.15, 0.2) is 0 Å². The van der Waals surface area contributed by atoms with Gasteiger partial charge in [0.25, 0.3) is 0 Å². The van der Waals surface area contributed by atoms with Gasteiger partial charge in [-0.3, -0.25) is 14.7 Å². The van der Waals surface area contributed by atoms with Crippen LogP contribution in [0.5, 0.6) is 0 Å². The highest BCUT2D eigenvalue weighted by Crippen LogP contribution is 2.54. The summed E-state index contributed by atoms with van der Waals surface area (Å²) in [5.41, 5.74) is 0. The van der Waals surface area contributed by atoms with E-state index in [1.165, 1.54) is 0 Å². The maximum atomic E-state index is 12.1. The number of nitro groups is 1. The molecule has 0 unspecified atom stereocenters. The molecule has 0 N–H and O–H groups in total. The second-order valence-electron chi connectivity index (χ2n) is 2.93. The average molecular weight is 239 g/mol. The lowest BCUT2D eigenvalue weighted by molar-refractivity contribution is -0.502. The highest BCUT2D eigenvalue weighted by atomic mass is 31.2. The molecule has 0 radical (unpaired) electrons. The van der Waals surface area contributed by atoms with E-state index in [9.17, 15) is 14.7 Å². The Morgan fingerprint density at radius 2 is 1.73 bits per heavy atom. The lowest BCUT2D eigenvalue weighted by Crippen LogP contribution is -2.22. The van der Waals surface area contributed by atoms with Crippen molar-refractivity contribution >= 4 is 7.60 Å². The van der Waals surface area contributed by atoms with E-state index in [0.29, 0.717) is 6.42 Å². The van der Waals surface area contributed by atoms with Crippen LogP contribution < -0.4 is 0 Å². The van der Waals surface area contributed by atoms with Gasteiger partial charge >= 0.3 is 13.4 Å². The molecule has 0 aliphatic carbocycles. The van der Waals surface area contributed by atoms with Crippen LogP contribution in [0.2, 0.25) is 0 Å². The van der Waals surface area contributed by atoms with E-state index < -0.39 is 18.3 Å². The van der Waals surface area contributed by atoms with Crippen molar-refractivity contribution in [3.63, 3.8) is 0 Å². The van der Waals surface area contributed by atoms with Gasteiger partial charge in [-0.25, -0.2) is 0 Å². The van der Waals surface area contributed by atoms with Gasteiger partial charge in [-0.05, 0) is 20.3 Å². The Hall–Kier alpha value is -0.450. The first kappa shape index (κ1) is 14.6. The zero-order valence-electron chi connectivity index (χ0n) is 9.34. The molecule has 0 aromatic rings. The summed E-state index contributed by atoms with van der Waals surface area (Å²) in [6, 6.07) is 0. The lowest BCUT2D eigenvalue weighted by Gasteiger charge is -2.19. The van der Waals surface area contributed by atoms with E-state index in [2.05, 4.69) is 0 Å². The molecule has 0 saturated carbocycles. The summed E-state index contributed by atoms with van der Waals surface area (Å²) in [6.07, 6.45) is 0.764. The molecule has 0 saturated heterocycles. The van der Waals surface area contributed by atoms with Crippen molar-refractivity contribution in [2.24, 2.45) is 0 Å². The Morgan fingerprint density at radius 1 is 1.27 bits per heavy atom. The molecule has 0 rings (SSSR count). The third kappa shape index (κ3) is 4.28. The van der Waals surface area contributed by atoms with Gasteiger partial charge in [-0.15, -0.1) is 0 Å². The van der Waals surface area contributed by atoms with Gasteiger partial charge < -0.3 is 9.05 Å². The summed E-state index contributed by atoms with van der Waals surface area (Å²) in [7, 11) is -3.60. The number of nitrogens with zero attached hydrogens (tertiary/aromatic N) is 1. The van der Waals surface area contributed by atoms with E-state index in [-0.39, 0.29) is 19.6 Å². The van der Waals surface area contributed by atoms with Crippen LogP contribution in [0.1, 0.15) is 33.6 Å². The Kier molecular flexibility index (Phi) is 6.72. The van der Waals surface area contributed by atoms with Crippen molar-refractivity contribution in [2.75, 3.05) is 13.2 Å². The zero-order valence-corrected chi connectivity index (χ0v) is 10.2. The first-order valence-corrected chi connectivity index (χ1v) is 6.65. The Morgan fingerprint density at radius 3 is 2.00 bits per heavy atom. The molecular weight excluding hydrogens is 221 g/mol. The largest absolute Gasteiger partial charge is 0.403 e. The molecule has 0 aliphatic rings. The summed E-state index contributed by atoms with van der Waals surface area (Å²) in [4.78, 5) is 10.2. The molecule has 1 atom stereocenters. The molecule has 90 valence electrons. The van der Waals surface area contributed by atoms with E-state index in [4.69, 9.17) is 9.05 Å². The summed E-state index contributed by atoms with van der Waals surface area (Å²) in [5.74, 6) is -1.25. The smallest absolute Gasteiger partial charge is 0.304 e. The van der Waals surface area contributed by atoms with E-state index in [1.54, 1.807) is 20.8 Å². The van der Waals surface area contributed by atoms with Gasteiger partial charge in [-0.1, -0.05) is 6.92 Å². The van der Waals surface area contributed by atoms with Crippen molar-refractivity contribution < 1.29 is 18.5 Å². The molecule has 7 heteroatoms. The minimum Gasteiger partial charge on any atom is -0.304 e. The molecule has 15 heavy (non-hydrogen) atoms. The highest BCUT2D eigenvalue weighted by Gasteiger charge is 2.44. The van der Waals surface area contributed by atoms with Crippen LogP contribution in [0.3, 0.4) is 0 Å². The lowest BCUT2D eigenvalue weighted by atomic mass is 10.3. The second-order valence-corrected chi connectivity index (χ2v) is 5.12. The molecule has 0 bridgehead atoms. The zero-order chi connectivity index (χ0) is 11.9. The van der Waals surface area contributed by atoms with Crippen LogP contribution >= 0.6 is 7.60 Å². The first-order valence-electron chi connectivity index (χ1n) is 5.04. The molecular formula is C8H18NO5P. The van der Waals surface area contributed by atoms with Crippen LogP contribution in [0.25, 0.3) is 0 Å². The van der Waals surface area contributed by atoms with Crippen LogP contribution in [0.15, 0.2) is 0 Å². The van der Waals surface area contributed by atoms with Crippen LogP contribution in [0, 0.1) is 10.1 Å². The minimum absolute atomic E-state index is 0.144. The quantitative estimate of drug-likeness (QED) is 0.369. The summed E-state index contributed by atoms with van der Waals surface area (Å²) in [5, 5.41) is 10.8. The molecule has 0 aliphatic heterocycles. The molecule has 0 heterocycles. The standard InChI is InChI=1S/C8H18NO5P/c1-4-7-8(9(10)11)15(12,13-5-2)14-6-3/h8H,4-7H2,1-3H3/t8-/m1/s1. The third-order valence-electron chi connectivity index (χ3n) is 1.77. The van der Waals surface area contributed by atoms with Crippen LogP contribution in [-0.4, -0.2) is 23.9 Å². The SMILES string of the molecule is CCC[C@H]([N+](=O)[O-])P(=O)(OCC)OCC. The molecule has 0 aromatic carbocycles. The predicted molar refractivity (Wildman–Crippen MR) is 56.5 cm³/mol. The van der Waals surface area contributed by atoms with E-state index in [0.717, 1.165) is 0 Å². The van der Waals surface area contributed by atoms with E-state index >= 15 is 0 Å². The highest BCUT2D eigenvalue weighted by molar-refractivity contribution is 7.54. The third-order valence-corrected chi connectivity index (χ3v) is 4.19. The fourth-order valence-corrected chi connectivity index (χ4v) is 3.15. The number of hydrogen-bond donors (Lipinski definition) is 0. The van der Waals surface area contributed by atoms with Crippen LogP contribution in [0.4, 0.5) is 0 Å². The van der Waals surface area contributed by atoms with Gasteiger partial charge in [0, 0.05) is 11.3 Å². The maximum absolute atomic E-state index is 12.1. The predicted octanol–water partition coefficient (Wildman–Crippen LogP) is 2.66. The molecule has 0 amide bonds.